The fourth-order valence-corrected chi connectivity index (χ4v) is 4.23. The maximum atomic E-state index is 13.0. The van der Waals surface area contributed by atoms with E-state index in [1.54, 1.807) is 25.1 Å². The number of aromatic nitrogens is 2. The lowest BCUT2D eigenvalue weighted by molar-refractivity contribution is 0.353. The molecule has 148 valence electrons. The fraction of sp³-hybridized carbons (Fsp3) is 0.412. The minimum Gasteiger partial charge on any atom is -0.493 e. The third kappa shape index (κ3) is 3.91. The zero-order valence-electron chi connectivity index (χ0n) is 15.9. The second-order valence-electron chi connectivity index (χ2n) is 5.87. The van der Waals surface area contributed by atoms with Crippen molar-refractivity contribution in [2.75, 3.05) is 20.8 Å². The molecule has 9 nitrogen and oxygen atoms in total. The summed E-state index contributed by atoms with van der Waals surface area (Å²) in [4.78, 5) is 23.7. The number of hydrogen-bond acceptors (Lipinski definition) is 6. The molecule has 0 aliphatic carbocycles. The van der Waals surface area contributed by atoms with Gasteiger partial charge in [-0.3, -0.25) is 9.36 Å². The van der Waals surface area contributed by atoms with Crippen LogP contribution in [-0.2, 0) is 30.7 Å². The van der Waals surface area contributed by atoms with Gasteiger partial charge in [0, 0.05) is 33.4 Å². The first-order chi connectivity index (χ1) is 12.7. The predicted molar refractivity (Wildman–Crippen MR) is 99.7 cm³/mol. The summed E-state index contributed by atoms with van der Waals surface area (Å²) in [6.45, 7) is 1.85. The lowest BCUT2D eigenvalue weighted by Gasteiger charge is -2.21. The summed E-state index contributed by atoms with van der Waals surface area (Å²) >= 11 is 0. The van der Waals surface area contributed by atoms with Crippen molar-refractivity contribution < 1.29 is 17.9 Å². The van der Waals surface area contributed by atoms with Gasteiger partial charge in [-0.1, -0.05) is 13.0 Å². The summed E-state index contributed by atoms with van der Waals surface area (Å²) in [5.41, 5.74) is -0.787. The normalized spacial score (nSPS) is 11.6. The van der Waals surface area contributed by atoms with Gasteiger partial charge in [0.15, 0.2) is 16.4 Å². The van der Waals surface area contributed by atoms with E-state index in [1.807, 2.05) is 0 Å². The zero-order valence-corrected chi connectivity index (χ0v) is 16.7. The summed E-state index contributed by atoms with van der Waals surface area (Å²) < 4.78 is 39.5. The number of nitrogens with zero attached hydrogens (tertiary/aromatic N) is 3. The first-order valence-corrected chi connectivity index (χ1v) is 9.59. The molecule has 27 heavy (non-hydrogen) atoms. The first-order valence-electron chi connectivity index (χ1n) is 8.15. The Hall–Kier alpha value is -2.59. The summed E-state index contributed by atoms with van der Waals surface area (Å²) in [7, 11) is 1.53. The van der Waals surface area contributed by atoms with Crippen LogP contribution in [0.5, 0.6) is 11.5 Å². The van der Waals surface area contributed by atoms with Crippen LogP contribution in [0.1, 0.15) is 12.5 Å². The number of ether oxygens (including phenoxy) is 2. The Kier molecular flexibility index (Phi) is 6.11. The Bertz CT molecular complexity index is 1060. The highest BCUT2D eigenvalue weighted by Gasteiger charge is 2.28. The number of methoxy groups -OCH3 is 2. The lowest BCUT2D eigenvalue weighted by atomic mass is 10.2. The molecular weight excluding hydrogens is 374 g/mol. The summed E-state index contributed by atoms with van der Waals surface area (Å²) in [6.07, 6.45) is 1.05. The molecule has 0 bridgehead atoms. The first kappa shape index (κ1) is 20.7. The Morgan fingerprint density at radius 2 is 1.70 bits per heavy atom. The molecule has 0 radical (unpaired) electrons. The van der Waals surface area contributed by atoms with Crippen LogP contribution in [0.15, 0.2) is 38.9 Å². The van der Waals surface area contributed by atoms with E-state index in [1.165, 1.54) is 28.3 Å². The highest BCUT2D eigenvalue weighted by Crippen LogP contribution is 2.28. The van der Waals surface area contributed by atoms with Crippen molar-refractivity contribution >= 4 is 10.0 Å². The smallest absolute Gasteiger partial charge is 0.330 e. The standard InChI is InChI=1S/C17H23N3O6S/c1-6-20(10-12-7-8-13(25-4)14(9-12)26-5)27(23,24)15-11-18(2)17(22)19(3)16(15)21/h7-9,11H,6,10H2,1-5H3. The van der Waals surface area contributed by atoms with Gasteiger partial charge in [0.25, 0.3) is 5.56 Å². The van der Waals surface area contributed by atoms with Crippen LogP contribution < -0.4 is 20.7 Å². The highest BCUT2D eigenvalue weighted by molar-refractivity contribution is 7.89. The number of benzene rings is 1. The van der Waals surface area contributed by atoms with Gasteiger partial charge in [0.2, 0.25) is 10.0 Å². The molecule has 0 aliphatic heterocycles. The summed E-state index contributed by atoms with van der Waals surface area (Å²) in [6, 6.07) is 5.08. The van der Waals surface area contributed by atoms with Gasteiger partial charge in [0.1, 0.15) is 0 Å². The van der Waals surface area contributed by atoms with Crippen LogP contribution in [0.2, 0.25) is 0 Å². The molecule has 0 spiro atoms. The lowest BCUT2D eigenvalue weighted by Crippen LogP contribution is -2.42. The molecule has 0 fully saturated rings. The summed E-state index contributed by atoms with van der Waals surface area (Å²) in [5.74, 6) is 1.00. The average Bonchev–Trinajstić information content (AvgIpc) is 2.66. The van der Waals surface area contributed by atoms with E-state index in [4.69, 9.17) is 9.47 Å². The molecule has 0 saturated heterocycles. The molecule has 0 unspecified atom stereocenters. The quantitative estimate of drug-likeness (QED) is 0.667. The molecule has 1 aromatic heterocycles. The van der Waals surface area contributed by atoms with Crippen LogP contribution in [0.4, 0.5) is 0 Å². The Balaban J connectivity index is 2.49. The van der Waals surface area contributed by atoms with Crippen molar-refractivity contribution in [3.63, 3.8) is 0 Å². The van der Waals surface area contributed by atoms with Gasteiger partial charge in [-0.15, -0.1) is 0 Å². The van der Waals surface area contributed by atoms with E-state index in [2.05, 4.69) is 0 Å². The minimum absolute atomic E-state index is 0.0329. The van der Waals surface area contributed by atoms with Crippen molar-refractivity contribution in [3.05, 3.63) is 50.8 Å². The number of sulfonamides is 1. The predicted octanol–water partition coefficient (Wildman–Crippen LogP) is 0.312. The second kappa shape index (κ2) is 7.97. The van der Waals surface area contributed by atoms with Gasteiger partial charge in [-0.2, -0.15) is 4.31 Å². The van der Waals surface area contributed by atoms with Crippen molar-refractivity contribution in [2.45, 2.75) is 18.4 Å². The van der Waals surface area contributed by atoms with Crippen molar-refractivity contribution in [2.24, 2.45) is 14.1 Å². The Morgan fingerprint density at radius 3 is 2.26 bits per heavy atom. The molecule has 1 aromatic carbocycles. The monoisotopic (exact) mass is 397 g/mol. The molecule has 10 heteroatoms. The van der Waals surface area contributed by atoms with Crippen LogP contribution in [0, 0.1) is 0 Å². The third-order valence-corrected chi connectivity index (χ3v) is 6.10. The van der Waals surface area contributed by atoms with Crippen molar-refractivity contribution in [1.82, 2.24) is 13.4 Å². The number of rotatable bonds is 7. The average molecular weight is 397 g/mol. The summed E-state index contributed by atoms with van der Waals surface area (Å²) in [5, 5.41) is 0. The van der Waals surface area contributed by atoms with Gasteiger partial charge >= 0.3 is 5.69 Å². The largest absolute Gasteiger partial charge is 0.493 e. The highest BCUT2D eigenvalue weighted by atomic mass is 32.2. The molecule has 2 aromatic rings. The Labute approximate surface area is 157 Å². The third-order valence-electron chi connectivity index (χ3n) is 4.19. The molecule has 0 amide bonds. The van der Waals surface area contributed by atoms with Crippen molar-refractivity contribution in [1.29, 1.82) is 0 Å². The molecule has 2 rings (SSSR count). The number of aryl methyl sites for hydroxylation is 1. The SMILES string of the molecule is CCN(Cc1ccc(OC)c(OC)c1)S(=O)(=O)c1cn(C)c(=O)n(C)c1=O. The van der Waals surface area contributed by atoms with E-state index in [0.717, 1.165) is 19.6 Å². The molecule has 0 aliphatic rings. The Morgan fingerprint density at radius 1 is 1.07 bits per heavy atom. The van der Waals surface area contributed by atoms with E-state index in [-0.39, 0.29) is 13.1 Å². The van der Waals surface area contributed by atoms with E-state index in [0.29, 0.717) is 17.1 Å². The molecule has 0 atom stereocenters. The van der Waals surface area contributed by atoms with E-state index < -0.39 is 26.2 Å². The van der Waals surface area contributed by atoms with E-state index >= 15 is 0 Å². The molecule has 0 saturated carbocycles. The maximum absolute atomic E-state index is 13.0. The van der Waals surface area contributed by atoms with Crippen LogP contribution in [0.3, 0.4) is 0 Å². The number of hydrogen-bond donors (Lipinski definition) is 0. The fourth-order valence-electron chi connectivity index (χ4n) is 2.64. The van der Waals surface area contributed by atoms with Gasteiger partial charge in [-0.25, -0.2) is 13.2 Å². The minimum atomic E-state index is -4.11. The van der Waals surface area contributed by atoms with Gasteiger partial charge in [-0.05, 0) is 17.7 Å². The maximum Gasteiger partial charge on any atom is 0.330 e. The second-order valence-corrected chi connectivity index (χ2v) is 7.78. The van der Waals surface area contributed by atoms with E-state index in [9.17, 15) is 18.0 Å². The zero-order chi connectivity index (χ0) is 20.4. The van der Waals surface area contributed by atoms with Gasteiger partial charge in [0.05, 0.1) is 14.2 Å². The topological polar surface area (TPSA) is 99.8 Å². The molecular formula is C17H23N3O6S. The van der Waals surface area contributed by atoms with Crippen molar-refractivity contribution in [3.8, 4) is 11.5 Å². The van der Waals surface area contributed by atoms with Gasteiger partial charge < -0.3 is 14.0 Å². The van der Waals surface area contributed by atoms with Crippen LogP contribution in [0.25, 0.3) is 0 Å². The van der Waals surface area contributed by atoms with Crippen LogP contribution in [-0.4, -0.2) is 42.6 Å². The molecule has 1 heterocycles. The van der Waals surface area contributed by atoms with Crippen LogP contribution >= 0.6 is 0 Å². The molecule has 0 N–H and O–H groups in total.